The molecule has 0 aliphatic carbocycles. The fourth-order valence-electron chi connectivity index (χ4n) is 1.47. The van der Waals surface area contributed by atoms with Gasteiger partial charge in [0.2, 0.25) is 5.91 Å². The second kappa shape index (κ2) is 6.00. The number of nitrogens with one attached hydrogen (secondary N) is 1. The molecule has 1 aromatic carbocycles. The molecule has 0 saturated carbocycles. The van der Waals surface area contributed by atoms with E-state index in [2.05, 4.69) is 5.32 Å². The molecule has 1 atom stereocenters. The zero-order valence-electron chi connectivity index (χ0n) is 10.3. The van der Waals surface area contributed by atoms with E-state index < -0.39 is 29.3 Å². The van der Waals surface area contributed by atoms with Gasteiger partial charge in [-0.15, -0.1) is 0 Å². The lowest BCUT2D eigenvalue weighted by Crippen LogP contribution is -2.37. The summed E-state index contributed by atoms with van der Waals surface area (Å²) in [6.45, 7) is 1.15. The molecule has 0 spiro atoms. The van der Waals surface area contributed by atoms with E-state index in [1.165, 1.54) is 0 Å². The Kier molecular flexibility index (Phi) is 4.83. The summed E-state index contributed by atoms with van der Waals surface area (Å²) in [5.41, 5.74) is 4.46. The smallest absolute Gasteiger partial charge is 0.369 e. The van der Waals surface area contributed by atoms with Crippen molar-refractivity contribution >= 4 is 34.6 Å². The minimum Gasteiger partial charge on any atom is -0.369 e. The molecule has 1 amide bonds. The van der Waals surface area contributed by atoms with Gasteiger partial charge in [-0.3, -0.25) is 9.59 Å². The first-order valence-corrected chi connectivity index (χ1v) is 5.81. The Labute approximate surface area is 118 Å². The van der Waals surface area contributed by atoms with Crippen LogP contribution in [0.25, 0.3) is 0 Å². The van der Waals surface area contributed by atoms with Crippen LogP contribution in [0.3, 0.4) is 0 Å². The summed E-state index contributed by atoms with van der Waals surface area (Å²) in [5.74, 6) is -2.75. The van der Waals surface area contributed by atoms with E-state index in [9.17, 15) is 22.8 Å². The maximum Gasteiger partial charge on any atom is 0.416 e. The van der Waals surface area contributed by atoms with Crippen LogP contribution in [0.4, 0.5) is 18.9 Å². The summed E-state index contributed by atoms with van der Waals surface area (Å²) in [4.78, 5) is 22.2. The minimum atomic E-state index is -4.44. The molecule has 108 valence electrons. The fourth-order valence-corrected chi connectivity index (χ4v) is 1.87. The lowest BCUT2D eigenvalue weighted by atomic mass is 10.0. The van der Waals surface area contributed by atoms with Crippen molar-refractivity contribution < 1.29 is 22.8 Å². The number of rotatable bonds is 4. The molecule has 0 saturated heterocycles. The summed E-state index contributed by atoms with van der Waals surface area (Å²) in [6, 6.07) is 4.01. The Morgan fingerprint density at radius 2 is 1.75 bits per heavy atom. The van der Waals surface area contributed by atoms with Gasteiger partial charge in [0.15, 0.2) is 0 Å². The lowest BCUT2D eigenvalue weighted by Gasteiger charge is -2.14. The predicted molar refractivity (Wildman–Crippen MR) is 71.0 cm³/mol. The number of anilines is 1. The molecule has 4 nitrogen and oxygen atoms in total. The molecule has 1 unspecified atom stereocenters. The van der Waals surface area contributed by atoms with E-state index in [4.69, 9.17) is 18.0 Å². The summed E-state index contributed by atoms with van der Waals surface area (Å²) in [6.07, 6.45) is -4.44. The van der Waals surface area contributed by atoms with Gasteiger partial charge in [0.1, 0.15) is 11.7 Å². The lowest BCUT2D eigenvalue weighted by molar-refractivity contribution is -0.137. The average Bonchev–Trinajstić information content (AvgIpc) is 2.26. The first kappa shape index (κ1) is 16.1. The normalized spacial score (nSPS) is 12.6. The average molecular weight is 304 g/mol. The Morgan fingerprint density at radius 3 is 2.10 bits per heavy atom. The van der Waals surface area contributed by atoms with Crippen molar-refractivity contribution in [1.29, 1.82) is 0 Å². The first-order valence-electron chi connectivity index (χ1n) is 5.41. The van der Waals surface area contributed by atoms with Gasteiger partial charge in [0, 0.05) is 5.69 Å². The largest absolute Gasteiger partial charge is 0.416 e. The van der Waals surface area contributed by atoms with Crippen LogP contribution >= 0.6 is 12.2 Å². The second-order valence-corrected chi connectivity index (χ2v) is 4.45. The molecule has 1 aromatic rings. The van der Waals surface area contributed by atoms with Crippen molar-refractivity contribution in [1.82, 2.24) is 0 Å². The van der Waals surface area contributed by atoms with Crippen molar-refractivity contribution in [3.63, 3.8) is 0 Å². The highest BCUT2D eigenvalue weighted by Gasteiger charge is 2.30. The third kappa shape index (κ3) is 4.02. The Morgan fingerprint density at radius 1 is 1.25 bits per heavy atom. The highest BCUT2D eigenvalue weighted by atomic mass is 32.1. The van der Waals surface area contributed by atoms with Crippen LogP contribution < -0.4 is 11.1 Å². The number of ketones is 1. The molecule has 3 N–H and O–H groups in total. The molecule has 0 aliphatic rings. The zero-order chi connectivity index (χ0) is 15.5. The van der Waals surface area contributed by atoms with E-state index in [1.54, 1.807) is 0 Å². The number of hydrogen-bond donors (Lipinski definition) is 2. The van der Waals surface area contributed by atoms with Crippen molar-refractivity contribution in [3.8, 4) is 0 Å². The van der Waals surface area contributed by atoms with E-state index >= 15 is 0 Å². The Hall–Kier alpha value is -1.96. The van der Waals surface area contributed by atoms with Crippen LogP contribution in [0, 0.1) is 5.92 Å². The molecule has 1 rings (SSSR count). The number of primary amides is 1. The highest BCUT2D eigenvalue weighted by molar-refractivity contribution is 7.80. The maximum atomic E-state index is 12.4. The highest BCUT2D eigenvalue weighted by Crippen LogP contribution is 2.29. The molecule has 0 fully saturated rings. The van der Waals surface area contributed by atoms with Gasteiger partial charge in [0.05, 0.1) is 10.6 Å². The van der Waals surface area contributed by atoms with E-state index in [0.29, 0.717) is 0 Å². The standard InChI is InChI=1S/C12H11F3N2O2S/c1-6(18)9(10(16)19)11(20)17-8-4-2-7(3-5-8)12(13,14)15/h2-5,9H,1H3,(H2,16,19)(H,17,20). The van der Waals surface area contributed by atoms with Crippen LogP contribution in [0.2, 0.25) is 0 Å². The van der Waals surface area contributed by atoms with Crippen LogP contribution in [0.5, 0.6) is 0 Å². The Balaban J connectivity index is 2.86. The van der Waals surface area contributed by atoms with Gasteiger partial charge in [0.25, 0.3) is 0 Å². The Bertz CT molecular complexity index is 527. The van der Waals surface area contributed by atoms with Crippen LogP contribution in [0.15, 0.2) is 24.3 Å². The maximum absolute atomic E-state index is 12.4. The molecule has 0 radical (unpaired) electrons. The molecule has 0 aliphatic heterocycles. The number of benzene rings is 1. The first-order chi connectivity index (χ1) is 9.12. The molecule has 0 bridgehead atoms. The number of carbonyl (C=O) groups is 2. The summed E-state index contributed by atoms with van der Waals surface area (Å²) in [5, 5.41) is 2.53. The van der Waals surface area contributed by atoms with Crippen LogP contribution in [-0.4, -0.2) is 16.7 Å². The third-order valence-electron chi connectivity index (χ3n) is 2.43. The number of thiocarbonyl (C=S) groups is 1. The van der Waals surface area contributed by atoms with Crippen LogP contribution in [-0.2, 0) is 15.8 Å². The van der Waals surface area contributed by atoms with Crippen molar-refractivity contribution in [2.45, 2.75) is 13.1 Å². The van der Waals surface area contributed by atoms with Gasteiger partial charge < -0.3 is 11.1 Å². The molecule has 0 heterocycles. The third-order valence-corrected chi connectivity index (χ3v) is 2.77. The summed E-state index contributed by atoms with van der Waals surface area (Å²) in [7, 11) is 0. The van der Waals surface area contributed by atoms with Crippen molar-refractivity contribution in [3.05, 3.63) is 29.8 Å². The quantitative estimate of drug-likeness (QED) is 0.660. The molecule has 20 heavy (non-hydrogen) atoms. The van der Waals surface area contributed by atoms with Crippen LogP contribution in [0.1, 0.15) is 12.5 Å². The van der Waals surface area contributed by atoms with Crippen molar-refractivity contribution in [2.75, 3.05) is 5.32 Å². The van der Waals surface area contributed by atoms with Gasteiger partial charge in [-0.1, -0.05) is 12.2 Å². The topological polar surface area (TPSA) is 72.2 Å². The van der Waals surface area contributed by atoms with Gasteiger partial charge in [-0.2, -0.15) is 13.2 Å². The summed E-state index contributed by atoms with van der Waals surface area (Å²) >= 11 is 4.86. The van der Waals surface area contributed by atoms with Crippen molar-refractivity contribution in [2.24, 2.45) is 11.7 Å². The number of halogens is 3. The number of Topliss-reactive ketones (excluding diaryl/α,β-unsaturated/α-hetero) is 1. The molecular formula is C12H11F3N2O2S. The SMILES string of the molecule is CC(=O)C(C(N)=O)C(=S)Nc1ccc(C(F)(F)F)cc1. The fraction of sp³-hybridized carbons (Fsp3) is 0.250. The number of nitrogens with two attached hydrogens (primary N) is 1. The molecular weight excluding hydrogens is 293 g/mol. The van der Waals surface area contributed by atoms with Gasteiger partial charge in [-0.05, 0) is 31.2 Å². The van der Waals surface area contributed by atoms with E-state index in [-0.39, 0.29) is 10.7 Å². The molecule has 8 heteroatoms. The number of hydrogen-bond acceptors (Lipinski definition) is 3. The van der Waals surface area contributed by atoms with E-state index in [0.717, 1.165) is 31.2 Å². The predicted octanol–water partition coefficient (Wildman–Crippen LogP) is 2.14. The number of amides is 1. The van der Waals surface area contributed by atoms with Gasteiger partial charge in [-0.25, -0.2) is 0 Å². The zero-order valence-corrected chi connectivity index (χ0v) is 11.1. The van der Waals surface area contributed by atoms with E-state index in [1.807, 2.05) is 0 Å². The molecule has 0 aromatic heterocycles. The second-order valence-electron chi connectivity index (χ2n) is 4.01. The van der Waals surface area contributed by atoms with Gasteiger partial charge >= 0.3 is 6.18 Å². The minimum absolute atomic E-state index is 0.148. The summed E-state index contributed by atoms with van der Waals surface area (Å²) < 4.78 is 37.1. The number of alkyl halides is 3. The monoisotopic (exact) mass is 304 g/mol. The number of carbonyl (C=O) groups excluding carboxylic acids is 2.